The van der Waals surface area contributed by atoms with Crippen LogP contribution in [0.3, 0.4) is 0 Å². The normalized spacial score (nSPS) is 10.4. The van der Waals surface area contributed by atoms with Crippen molar-refractivity contribution in [2.45, 2.75) is 26.7 Å². The van der Waals surface area contributed by atoms with Crippen LogP contribution in [0.4, 0.5) is 5.69 Å². The van der Waals surface area contributed by atoms with Gasteiger partial charge in [-0.2, -0.15) is 0 Å². The molecule has 3 N–H and O–H groups in total. The fourth-order valence-corrected chi connectivity index (χ4v) is 2.58. The Hall–Kier alpha value is -3.15. The van der Waals surface area contributed by atoms with Crippen LogP contribution < -0.4 is 16.0 Å². The number of benzene rings is 2. The molecule has 0 atom stereocenters. The molecular formula is C22H27N3O3. The maximum absolute atomic E-state index is 12.5. The molecule has 0 aliphatic heterocycles. The van der Waals surface area contributed by atoms with Crippen molar-refractivity contribution in [2.24, 2.45) is 5.92 Å². The Morgan fingerprint density at radius 2 is 1.50 bits per heavy atom. The molecule has 6 nitrogen and oxygen atoms in total. The summed E-state index contributed by atoms with van der Waals surface area (Å²) in [4.78, 5) is 36.5. The largest absolute Gasteiger partial charge is 0.352 e. The molecule has 0 unspecified atom stereocenters. The SMILES string of the molecule is CC(C)CCNC(=O)C(=O)Nc1ccccc1C(=O)NCCc1ccccc1. The Kier molecular flexibility index (Phi) is 8.21. The highest BCUT2D eigenvalue weighted by Crippen LogP contribution is 2.15. The first kappa shape index (κ1) is 21.2. The van der Waals surface area contributed by atoms with Crippen LogP contribution in [0.15, 0.2) is 54.6 Å². The first-order valence-corrected chi connectivity index (χ1v) is 9.47. The lowest BCUT2D eigenvalue weighted by Gasteiger charge is -2.12. The summed E-state index contributed by atoms with van der Waals surface area (Å²) >= 11 is 0. The minimum atomic E-state index is -0.784. The van der Waals surface area contributed by atoms with Gasteiger partial charge >= 0.3 is 11.8 Å². The van der Waals surface area contributed by atoms with Crippen LogP contribution in [0.2, 0.25) is 0 Å². The monoisotopic (exact) mass is 381 g/mol. The average Bonchev–Trinajstić information content (AvgIpc) is 2.68. The van der Waals surface area contributed by atoms with E-state index < -0.39 is 11.8 Å². The van der Waals surface area contributed by atoms with Crippen LogP contribution in [0.25, 0.3) is 0 Å². The van der Waals surface area contributed by atoms with Gasteiger partial charge in [-0.15, -0.1) is 0 Å². The maximum Gasteiger partial charge on any atom is 0.313 e. The van der Waals surface area contributed by atoms with E-state index in [0.29, 0.717) is 36.7 Å². The summed E-state index contributed by atoms with van der Waals surface area (Å²) < 4.78 is 0. The minimum Gasteiger partial charge on any atom is -0.352 e. The van der Waals surface area contributed by atoms with Crippen LogP contribution in [-0.4, -0.2) is 30.8 Å². The third-order valence-electron chi connectivity index (χ3n) is 4.18. The van der Waals surface area contributed by atoms with E-state index in [4.69, 9.17) is 0 Å². The summed E-state index contributed by atoms with van der Waals surface area (Å²) in [6.07, 6.45) is 1.50. The van der Waals surface area contributed by atoms with Gasteiger partial charge in [-0.05, 0) is 36.5 Å². The molecule has 6 heteroatoms. The lowest BCUT2D eigenvalue weighted by atomic mass is 10.1. The molecule has 2 aromatic carbocycles. The van der Waals surface area contributed by atoms with E-state index in [-0.39, 0.29) is 5.91 Å². The number of nitrogens with one attached hydrogen (secondary N) is 3. The molecule has 0 aliphatic carbocycles. The fraction of sp³-hybridized carbons (Fsp3) is 0.318. The summed E-state index contributed by atoms with van der Waals surface area (Å²) in [5, 5.41) is 7.96. The number of para-hydroxylation sites is 1. The zero-order valence-electron chi connectivity index (χ0n) is 16.3. The van der Waals surface area contributed by atoms with Gasteiger partial charge in [-0.25, -0.2) is 0 Å². The van der Waals surface area contributed by atoms with Crippen molar-refractivity contribution in [3.63, 3.8) is 0 Å². The Balaban J connectivity index is 1.91. The van der Waals surface area contributed by atoms with Crippen molar-refractivity contribution in [3.05, 3.63) is 65.7 Å². The Labute approximate surface area is 165 Å². The maximum atomic E-state index is 12.5. The van der Waals surface area contributed by atoms with Crippen molar-refractivity contribution in [1.82, 2.24) is 10.6 Å². The number of amides is 3. The number of hydrogen-bond acceptors (Lipinski definition) is 3. The van der Waals surface area contributed by atoms with Crippen LogP contribution in [0.5, 0.6) is 0 Å². The Bertz CT molecular complexity index is 804. The zero-order valence-corrected chi connectivity index (χ0v) is 16.3. The standard InChI is InChI=1S/C22H27N3O3/c1-16(2)12-14-24-21(27)22(28)25-19-11-7-6-10-18(19)20(26)23-15-13-17-8-4-3-5-9-17/h3-11,16H,12-15H2,1-2H3,(H,23,26)(H,24,27)(H,25,28). The second-order valence-electron chi connectivity index (χ2n) is 6.93. The van der Waals surface area contributed by atoms with E-state index in [1.807, 2.05) is 44.2 Å². The molecule has 28 heavy (non-hydrogen) atoms. The molecule has 0 bridgehead atoms. The van der Waals surface area contributed by atoms with Crippen molar-refractivity contribution in [2.75, 3.05) is 18.4 Å². The molecule has 0 saturated heterocycles. The zero-order chi connectivity index (χ0) is 20.4. The van der Waals surface area contributed by atoms with E-state index in [1.165, 1.54) is 0 Å². The summed E-state index contributed by atoms with van der Waals surface area (Å²) in [6, 6.07) is 16.5. The summed E-state index contributed by atoms with van der Waals surface area (Å²) in [6.45, 7) is 4.99. The van der Waals surface area contributed by atoms with Crippen molar-refractivity contribution >= 4 is 23.4 Å². The summed E-state index contributed by atoms with van der Waals surface area (Å²) in [5.74, 6) is -1.36. The molecule has 0 radical (unpaired) electrons. The molecule has 2 aromatic rings. The Morgan fingerprint density at radius 1 is 0.821 bits per heavy atom. The molecular weight excluding hydrogens is 354 g/mol. The van der Waals surface area contributed by atoms with Gasteiger partial charge in [-0.1, -0.05) is 56.3 Å². The van der Waals surface area contributed by atoms with E-state index >= 15 is 0 Å². The Morgan fingerprint density at radius 3 is 2.21 bits per heavy atom. The lowest BCUT2D eigenvalue weighted by Crippen LogP contribution is -2.37. The number of hydrogen-bond donors (Lipinski definition) is 3. The van der Waals surface area contributed by atoms with Crippen molar-refractivity contribution in [3.8, 4) is 0 Å². The van der Waals surface area contributed by atoms with Gasteiger partial charge in [-0.3, -0.25) is 14.4 Å². The van der Waals surface area contributed by atoms with Crippen molar-refractivity contribution < 1.29 is 14.4 Å². The first-order chi connectivity index (χ1) is 13.5. The van der Waals surface area contributed by atoms with E-state index in [0.717, 1.165) is 12.0 Å². The van der Waals surface area contributed by atoms with E-state index in [1.54, 1.807) is 24.3 Å². The lowest BCUT2D eigenvalue weighted by molar-refractivity contribution is -0.136. The van der Waals surface area contributed by atoms with Crippen LogP contribution in [0.1, 0.15) is 36.2 Å². The highest BCUT2D eigenvalue weighted by molar-refractivity contribution is 6.40. The van der Waals surface area contributed by atoms with Gasteiger partial charge in [0, 0.05) is 13.1 Å². The molecule has 0 spiro atoms. The molecule has 0 saturated carbocycles. The minimum absolute atomic E-state index is 0.299. The molecule has 2 rings (SSSR count). The average molecular weight is 381 g/mol. The molecule has 0 heterocycles. The quantitative estimate of drug-likeness (QED) is 0.615. The smallest absolute Gasteiger partial charge is 0.313 e. The van der Waals surface area contributed by atoms with Gasteiger partial charge < -0.3 is 16.0 Å². The number of rotatable bonds is 8. The van der Waals surface area contributed by atoms with E-state index in [9.17, 15) is 14.4 Å². The van der Waals surface area contributed by atoms with Gasteiger partial charge in [0.15, 0.2) is 0 Å². The molecule has 0 aliphatic rings. The van der Waals surface area contributed by atoms with Crippen LogP contribution >= 0.6 is 0 Å². The van der Waals surface area contributed by atoms with Gasteiger partial charge in [0.2, 0.25) is 0 Å². The molecule has 148 valence electrons. The van der Waals surface area contributed by atoms with Gasteiger partial charge in [0.1, 0.15) is 0 Å². The third kappa shape index (κ3) is 6.87. The first-order valence-electron chi connectivity index (χ1n) is 9.47. The predicted molar refractivity (Wildman–Crippen MR) is 110 cm³/mol. The highest BCUT2D eigenvalue weighted by Gasteiger charge is 2.17. The number of anilines is 1. The van der Waals surface area contributed by atoms with Gasteiger partial charge in [0.05, 0.1) is 11.3 Å². The molecule has 3 amide bonds. The van der Waals surface area contributed by atoms with E-state index in [2.05, 4.69) is 16.0 Å². The highest BCUT2D eigenvalue weighted by atomic mass is 16.2. The van der Waals surface area contributed by atoms with Gasteiger partial charge in [0.25, 0.3) is 5.91 Å². The van der Waals surface area contributed by atoms with Crippen LogP contribution in [-0.2, 0) is 16.0 Å². The third-order valence-corrected chi connectivity index (χ3v) is 4.18. The summed E-state index contributed by atoms with van der Waals surface area (Å²) in [5.41, 5.74) is 1.75. The predicted octanol–water partition coefficient (Wildman–Crippen LogP) is 2.76. The number of carbonyl (C=O) groups excluding carboxylic acids is 3. The molecule has 0 aromatic heterocycles. The molecule has 0 fully saturated rings. The number of carbonyl (C=O) groups is 3. The summed E-state index contributed by atoms with van der Waals surface area (Å²) in [7, 11) is 0. The topological polar surface area (TPSA) is 87.3 Å². The van der Waals surface area contributed by atoms with Crippen LogP contribution in [0, 0.1) is 5.92 Å². The fourth-order valence-electron chi connectivity index (χ4n) is 2.58. The van der Waals surface area contributed by atoms with Crippen molar-refractivity contribution in [1.29, 1.82) is 0 Å². The second kappa shape index (κ2) is 10.9. The second-order valence-corrected chi connectivity index (χ2v) is 6.93.